The zero-order valence-corrected chi connectivity index (χ0v) is 22.2. The predicted octanol–water partition coefficient (Wildman–Crippen LogP) is 2.74. The Morgan fingerprint density at radius 3 is 1.89 bits per heavy atom. The number of allylic oxidation sites excluding steroid dienone is 4. The average molecular weight is 537 g/mol. The van der Waals surface area contributed by atoms with Gasteiger partial charge in [-0.3, -0.25) is 19.2 Å². The van der Waals surface area contributed by atoms with Gasteiger partial charge in [0.1, 0.15) is 30.5 Å². The summed E-state index contributed by atoms with van der Waals surface area (Å²) in [6.45, 7) is 6.34. The van der Waals surface area contributed by atoms with Gasteiger partial charge in [0.25, 0.3) is 0 Å². The Bertz CT molecular complexity index is 954. The van der Waals surface area contributed by atoms with E-state index < -0.39 is 53.8 Å². The monoisotopic (exact) mass is 536 g/mol. The van der Waals surface area contributed by atoms with Crippen molar-refractivity contribution in [1.29, 1.82) is 0 Å². The van der Waals surface area contributed by atoms with Crippen LogP contribution in [0.1, 0.15) is 47.5 Å². The van der Waals surface area contributed by atoms with Crippen LogP contribution in [0.4, 0.5) is 0 Å². The van der Waals surface area contributed by atoms with E-state index in [2.05, 4.69) is 0 Å². The number of aliphatic hydroxyl groups is 1. The summed E-state index contributed by atoms with van der Waals surface area (Å²) >= 11 is 0. The van der Waals surface area contributed by atoms with E-state index in [-0.39, 0.29) is 19.4 Å². The van der Waals surface area contributed by atoms with E-state index in [1.54, 1.807) is 30.4 Å². The Labute approximate surface area is 222 Å². The molecule has 0 heterocycles. The molecule has 0 saturated heterocycles. The highest BCUT2D eigenvalue weighted by Crippen LogP contribution is 2.23. The van der Waals surface area contributed by atoms with E-state index in [1.165, 1.54) is 52.0 Å². The van der Waals surface area contributed by atoms with Gasteiger partial charge < -0.3 is 29.2 Å². The molecule has 0 bridgehead atoms. The third-order valence-electron chi connectivity index (χ3n) is 4.50. The number of ether oxygens (including phenoxy) is 4. The molecular weight excluding hydrogens is 500 g/mol. The molecule has 0 aromatic heterocycles. The van der Waals surface area contributed by atoms with E-state index in [9.17, 15) is 29.1 Å². The lowest BCUT2D eigenvalue weighted by atomic mass is 9.92. The minimum absolute atomic E-state index is 0.0250. The lowest BCUT2D eigenvalue weighted by Gasteiger charge is -2.32. The quantitative estimate of drug-likeness (QED) is 0.0980. The highest BCUT2D eigenvalue weighted by Gasteiger charge is 2.35. The van der Waals surface area contributed by atoms with E-state index in [1.807, 2.05) is 0 Å². The first-order valence-corrected chi connectivity index (χ1v) is 11.7. The maximum atomic E-state index is 11.8. The molecule has 0 fully saturated rings. The molecule has 0 amide bonds. The fourth-order valence-electron chi connectivity index (χ4n) is 2.90. The van der Waals surface area contributed by atoms with E-state index in [0.29, 0.717) is 0 Å². The minimum Gasteiger partial charge on any atom is -0.478 e. The van der Waals surface area contributed by atoms with Crippen molar-refractivity contribution in [3.63, 3.8) is 0 Å². The molecule has 210 valence electrons. The number of esters is 4. The summed E-state index contributed by atoms with van der Waals surface area (Å²) in [6, 6.07) is 0. The van der Waals surface area contributed by atoms with E-state index in [0.717, 1.165) is 13.0 Å². The summed E-state index contributed by atoms with van der Waals surface area (Å²) in [5, 5.41) is 19.8. The molecule has 11 heteroatoms. The summed E-state index contributed by atoms with van der Waals surface area (Å²) in [5.74, 6) is -3.47. The largest absolute Gasteiger partial charge is 0.478 e. The van der Waals surface area contributed by atoms with Crippen LogP contribution in [-0.4, -0.2) is 70.6 Å². The number of carboxylic acids is 1. The van der Waals surface area contributed by atoms with Crippen molar-refractivity contribution in [2.24, 2.45) is 0 Å². The Morgan fingerprint density at radius 2 is 1.34 bits per heavy atom. The molecule has 11 nitrogen and oxygen atoms in total. The first-order chi connectivity index (χ1) is 17.7. The second-order valence-corrected chi connectivity index (χ2v) is 8.19. The first kappa shape index (κ1) is 34.0. The third-order valence-corrected chi connectivity index (χ3v) is 4.50. The van der Waals surface area contributed by atoms with Crippen molar-refractivity contribution in [3.05, 3.63) is 60.8 Å². The molecule has 0 radical (unpaired) electrons. The average Bonchev–Trinajstić information content (AvgIpc) is 2.77. The number of carboxylic acid groups (broad SMARTS) is 1. The lowest BCUT2D eigenvalue weighted by molar-refractivity contribution is -0.161. The number of hydrogen-bond donors (Lipinski definition) is 2. The molecule has 4 unspecified atom stereocenters. The number of hydrogen-bond acceptors (Lipinski definition) is 10. The van der Waals surface area contributed by atoms with Crippen LogP contribution in [0.2, 0.25) is 0 Å². The highest BCUT2D eigenvalue weighted by atomic mass is 16.6. The molecule has 0 saturated carbocycles. The van der Waals surface area contributed by atoms with Crippen molar-refractivity contribution in [1.82, 2.24) is 0 Å². The fraction of sp³-hybridized carbons (Fsp3) is 0.444. The predicted molar refractivity (Wildman–Crippen MR) is 136 cm³/mol. The molecule has 0 rings (SSSR count). The SMILES string of the molecule is CC(=O)OC/C=C/C=C/C=C/C(CC(OC(C)=O)C(C)(O)/C=C/C(C/C=C/C(=O)O)OC(C)=O)OC(C)=O. The third kappa shape index (κ3) is 18.3. The molecule has 0 aromatic carbocycles. The fourth-order valence-corrected chi connectivity index (χ4v) is 2.90. The van der Waals surface area contributed by atoms with Crippen molar-refractivity contribution < 1.29 is 53.1 Å². The molecule has 0 aliphatic rings. The molecule has 38 heavy (non-hydrogen) atoms. The van der Waals surface area contributed by atoms with Gasteiger partial charge in [-0.05, 0) is 25.2 Å². The smallest absolute Gasteiger partial charge is 0.327 e. The summed E-state index contributed by atoms with van der Waals surface area (Å²) < 4.78 is 20.5. The van der Waals surface area contributed by atoms with Crippen LogP contribution in [-0.2, 0) is 42.9 Å². The number of rotatable bonds is 16. The standard InChI is InChI=1S/C27H36O11/c1-19(28)35-17-10-8-6-7-9-12-24(37-21(3)30)18-25(38-22(4)31)27(5,34)16-15-23(36-20(2)29)13-11-14-26(32)33/h6-12,14-16,23-25,34H,13,17-18H2,1-5H3,(H,32,33)/b7-6+,10-8+,12-9+,14-11+,16-15+. The molecule has 2 N–H and O–H groups in total. The Balaban J connectivity index is 5.68. The zero-order valence-electron chi connectivity index (χ0n) is 22.2. The Kier molecular flexibility index (Phi) is 16.4. The van der Waals surface area contributed by atoms with Gasteiger partial charge in [-0.2, -0.15) is 0 Å². The highest BCUT2D eigenvalue weighted by molar-refractivity contribution is 5.79. The maximum absolute atomic E-state index is 11.8. The van der Waals surface area contributed by atoms with Crippen molar-refractivity contribution in [2.45, 2.75) is 71.4 Å². The normalized spacial score (nSPS) is 15.9. The van der Waals surface area contributed by atoms with E-state index >= 15 is 0 Å². The second kappa shape index (κ2) is 18.3. The van der Waals surface area contributed by atoms with Crippen LogP contribution in [0.15, 0.2) is 60.8 Å². The van der Waals surface area contributed by atoms with Gasteiger partial charge in [0.15, 0.2) is 0 Å². The summed E-state index contributed by atoms with van der Waals surface area (Å²) in [5.41, 5.74) is -1.79. The van der Waals surface area contributed by atoms with Crippen LogP contribution >= 0.6 is 0 Å². The van der Waals surface area contributed by atoms with Crippen molar-refractivity contribution in [2.75, 3.05) is 6.61 Å². The van der Waals surface area contributed by atoms with Crippen molar-refractivity contribution in [3.8, 4) is 0 Å². The molecule has 0 aliphatic heterocycles. The second-order valence-electron chi connectivity index (χ2n) is 8.19. The summed E-state index contributed by atoms with van der Waals surface area (Å²) in [4.78, 5) is 56.2. The minimum atomic E-state index is -1.79. The van der Waals surface area contributed by atoms with Gasteiger partial charge in [0.05, 0.1) is 0 Å². The van der Waals surface area contributed by atoms with Gasteiger partial charge in [-0.1, -0.05) is 36.5 Å². The Morgan fingerprint density at radius 1 is 0.763 bits per heavy atom. The number of carbonyl (C=O) groups is 5. The van der Waals surface area contributed by atoms with Gasteiger partial charge in [0, 0.05) is 46.6 Å². The Hall–Kier alpha value is -3.99. The number of carbonyl (C=O) groups excluding carboxylic acids is 4. The van der Waals surface area contributed by atoms with Crippen LogP contribution in [0.3, 0.4) is 0 Å². The molecular formula is C27H36O11. The summed E-state index contributed by atoms with van der Waals surface area (Å²) in [7, 11) is 0. The molecule has 4 atom stereocenters. The molecule has 0 spiro atoms. The maximum Gasteiger partial charge on any atom is 0.327 e. The van der Waals surface area contributed by atoms with Gasteiger partial charge >= 0.3 is 29.8 Å². The van der Waals surface area contributed by atoms with Crippen molar-refractivity contribution >= 4 is 29.8 Å². The van der Waals surface area contributed by atoms with Crippen LogP contribution in [0, 0.1) is 0 Å². The zero-order chi connectivity index (χ0) is 29.1. The van der Waals surface area contributed by atoms with Gasteiger partial charge in [0.2, 0.25) is 0 Å². The topological polar surface area (TPSA) is 163 Å². The summed E-state index contributed by atoms with van der Waals surface area (Å²) in [6.07, 6.45) is 11.5. The van der Waals surface area contributed by atoms with E-state index in [4.69, 9.17) is 24.1 Å². The van der Waals surface area contributed by atoms with Crippen LogP contribution in [0.5, 0.6) is 0 Å². The first-order valence-electron chi connectivity index (χ1n) is 11.7. The van der Waals surface area contributed by atoms with Gasteiger partial charge in [-0.15, -0.1) is 0 Å². The lowest BCUT2D eigenvalue weighted by Crippen LogP contribution is -2.43. The molecule has 0 aromatic rings. The van der Waals surface area contributed by atoms with Crippen LogP contribution < -0.4 is 0 Å². The van der Waals surface area contributed by atoms with Crippen LogP contribution in [0.25, 0.3) is 0 Å². The number of aliphatic carboxylic acids is 1. The molecule has 0 aliphatic carbocycles. The van der Waals surface area contributed by atoms with Gasteiger partial charge in [-0.25, -0.2) is 4.79 Å².